The molecule has 0 saturated carbocycles. The normalized spacial score (nSPS) is 12.6. The zero-order valence-corrected chi connectivity index (χ0v) is 10.6. The van der Waals surface area contributed by atoms with Crippen LogP contribution in [0.1, 0.15) is 38.1 Å². The highest BCUT2D eigenvalue weighted by Gasteiger charge is 2.06. The minimum absolute atomic E-state index is 0.113. The van der Waals surface area contributed by atoms with Crippen LogP contribution in [0.5, 0.6) is 0 Å². The molecule has 1 aromatic carbocycles. The highest BCUT2D eigenvalue weighted by atomic mass is 16.1. The van der Waals surface area contributed by atoms with Crippen LogP contribution in [0.25, 0.3) is 0 Å². The van der Waals surface area contributed by atoms with E-state index in [1.807, 2.05) is 24.3 Å². The van der Waals surface area contributed by atoms with Gasteiger partial charge in [-0.25, -0.2) is 0 Å². The Balaban J connectivity index is 2.53. The van der Waals surface area contributed by atoms with Crippen molar-refractivity contribution in [2.24, 2.45) is 11.8 Å². The Bertz CT molecular complexity index is 340. The predicted octanol–water partition coefficient (Wildman–Crippen LogP) is 3.59. The fraction of sp³-hybridized carbons (Fsp3) is 0.500. The zero-order valence-electron chi connectivity index (χ0n) is 10.6. The first-order valence-corrected chi connectivity index (χ1v) is 5.85. The van der Waals surface area contributed by atoms with Crippen molar-refractivity contribution in [1.29, 1.82) is 0 Å². The molecular weight excluding hydrogens is 198 g/mol. The van der Waals surface area contributed by atoms with E-state index in [9.17, 15) is 4.79 Å². The van der Waals surface area contributed by atoms with E-state index >= 15 is 0 Å². The molecule has 1 unspecified atom stereocenters. The van der Waals surface area contributed by atoms with Gasteiger partial charge in [0.05, 0.1) is 0 Å². The maximum absolute atomic E-state index is 11.1. The Kier molecular flexibility index (Phi) is 4.53. The molecule has 0 saturated heterocycles. The van der Waals surface area contributed by atoms with Crippen molar-refractivity contribution in [3.05, 3.63) is 29.8 Å². The number of benzene rings is 1. The van der Waals surface area contributed by atoms with Crippen molar-refractivity contribution in [1.82, 2.24) is 0 Å². The van der Waals surface area contributed by atoms with Crippen molar-refractivity contribution in [2.45, 2.75) is 27.7 Å². The number of anilines is 1. The lowest BCUT2D eigenvalue weighted by Crippen LogP contribution is -2.16. The molecule has 1 rings (SSSR count). The lowest BCUT2D eigenvalue weighted by molar-refractivity contribution is 0.101. The first-order chi connectivity index (χ1) is 7.50. The van der Waals surface area contributed by atoms with E-state index < -0.39 is 0 Å². The van der Waals surface area contributed by atoms with Gasteiger partial charge in [-0.15, -0.1) is 0 Å². The molecule has 0 spiro atoms. The van der Waals surface area contributed by atoms with Crippen molar-refractivity contribution >= 4 is 11.5 Å². The van der Waals surface area contributed by atoms with Gasteiger partial charge in [-0.1, -0.05) is 20.8 Å². The summed E-state index contributed by atoms with van der Waals surface area (Å²) in [7, 11) is 0. The molecule has 0 amide bonds. The minimum Gasteiger partial charge on any atom is -0.385 e. The fourth-order valence-electron chi connectivity index (χ4n) is 1.34. The van der Waals surface area contributed by atoms with Crippen molar-refractivity contribution in [3.63, 3.8) is 0 Å². The van der Waals surface area contributed by atoms with E-state index in [1.54, 1.807) is 6.92 Å². The molecule has 0 aliphatic heterocycles. The largest absolute Gasteiger partial charge is 0.385 e. The molecule has 16 heavy (non-hydrogen) atoms. The average Bonchev–Trinajstić information content (AvgIpc) is 2.26. The number of ketones is 1. The number of carbonyl (C=O) groups excluding carboxylic acids is 1. The SMILES string of the molecule is CC(=O)c1ccc(NCC(C)C(C)C)cc1. The van der Waals surface area contributed by atoms with E-state index in [0.717, 1.165) is 17.8 Å². The molecule has 88 valence electrons. The molecule has 0 fully saturated rings. The second kappa shape index (κ2) is 5.69. The van der Waals surface area contributed by atoms with Gasteiger partial charge in [0.1, 0.15) is 0 Å². The van der Waals surface area contributed by atoms with Crippen LogP contribution >= 0.6 is 0 Å². The fourth-order valence-corrected chi connectivity index (χ4v) is 1.34. The molecule has 0 bridgehead atoms. The number of nitrogens with one attached hydrogen (secondary N) is 1. The van der Waals surface area contributed by atoms with Gasteiger partial charge in [-0.2, -0.15) is 0 Å². The van der Waals surface area contributed by atoms with Gasteiger partial charge in [0, 0.05) is 17.8 Å². The molecule has 0 aliphatic rings. The number of Topliss-reactive ketones (excluding diaryl/α,β-unsaturated/α-hetero) is 1. The van der Waals surface area contributed by atoms with Crippen LogP contribution in [0, 0.1) is 11.8 Å². The minimum atomic E-state index is 0.113. The van der Waals surface area contributed by atoms with Crippen molar-refractivity contribution in [2.75, 3.05) is 11.9 Å². The molecule has 1 aromatic rings. The topological polar surface area (TPSA) is 29.1 Å². The number of hydrogen-bond acceptors (Lipinski definition) is 2. The van der Waals surface area contributed by atoms with Crippen LogP contribution in [0.4, 0.5) is 5.69 Å². The Hall–Kier alpha value is -1.31. The predicted molar refractivity (Wildman–Crippen MR) is 68.9 cm³/mol. The molecule has 2 heteroatoms. The van der Waals surface area contributed by atoms with Gasteiger partial charge in [0.15, 0.2) is 5.78 Å². The summed E-state index contributed by atoms with van der Waals surface area (Å²) in [4.78, 5) is 11.1. The second-order valence-corrected chi connectivity index (χ2v) is 4.74. The van der Waals surface area contributed by atoms with Gasteiger partial charge in [0.2, 0.25) is 0 Å². The third kappa shape index (κ3) is 3.69. The van der Waals surface area contributed by atoms with Gasteiger partial charge in [-0.05, 0) is 43.0 Å². The van der Waals surface area contributed by atoms with Gasteiger partial charge < -0.3 is 5.32 Å². The maximum Gasteiger partial charge on any atom is 0.159 e. The molecule has 2 nitrogen and oxygen atoms in total. The molecule has 0 radical (unpaired) electrons. The summed E-state index contributed by atoms with van der Waals surface area (Å²) in [5, 5.41) is 3.38. The van der Waals surface area contributed by atoms with E-state index in [0.29, 0.717) is 11.8 Å². The van der Waals surface area contributed by atoms with Gasteiger partial charge in [-0.3, -0.25) is 4.79 Å². The summed E-state index contributed by atoms with van der Waals surface area (Å²) in [5.41, 5.74) is 1.85. The third-order valence-electron chi connectivity index (χ3n) is 3.06. The molecular formula is C14H21NO. The Morgan fingerprint density at radius 1 is 1.19 bits per heavy atom. The van der Waals surface area contributed by atoms with Crippen LogP contribution in [0.15, 0.2) is 24.3 Å². The van der Waals surface area contributed by atoms with E-state index in [1.165, 1.54) is 0 Å². The smallest absolute Gasteiger partial charge is 0.159 e. The molecule has 1 N–H and O–H groups in total. The lowest BCUT2D eigenvalue weighted by Gasteiger charge is -2.16. The van der Waals surface area contributed by atoms with Crippen LogP contribution in [-0.4, -0.2) is 12.3 Å². The maximum atomic E-state index is 11.1. The number of carbonyl (C=O) groups is 1. The van der Waals surface area contributed by atoms with Crippen LogP contribution in [0.3, 0.4) is 0 Å². The van der Waals surface area contributed by atoms with Crippen molar-refractivity contribution < 1.29 is 4.79 Å². The quantitative estimate of drug-likeness (QED) is 0.767. The zero-order chi connectivity index (χ0) is 12.1. The summed E-state index contributed by atoms with van der Waals surface area (Å²) in [5.74, 6) is 1.44. The summed E-state index contributed by atoms with van der Waals surface area (Å²) in [6.07, 6.45) is 0. The summed E-state index contributed by atoms with van der Waals surface area (Å²) in [6.45, 7) is 9.25. The van der Waals surface area contributed by atoms with E-state index in [4.69, 9.17) is 0 Å². The Morgan fingerprint density at radius 2 is 1.75 bits per heavy atom. The summed E-state index contributed by atoms with van der Waals surface area (Å²) < 4.78 is 0. The number of rotatable bonds is 5. The summed E-state index contributed by atoms with van der Waals surface area (Å²) >= 11 is 0. The van der Waals surface area contributed by atoms with Crippen molar-refractivity contribution in [3.8, 4) is 0 Å². The van der Waals surface area contributed by atoms with Crippen LogP contribution < -0.4 is 5.32 Å². The Morgan fingerprint density at radius 3 is 2.19 bits per heavy atom. The summed E-state index contributed by atoms with van der Waals surface area (Å²) in [6, 6.07) is 7.66. The molecule has 0 heterocycles. The van der Waals surface area contributed by atoms with Crippen LogP contribution in [-0.2, 0) is 0 Å². The highest BCUT2D eigenvalue weighted by molar-refractivity contribution is 5.94. The van der Waals surface area contributed by atoms with E-state index in [-0.39, 0.29) is 5.78 Å². The van der Waals surface area contributed by atoms with Gasteiger partial charge >= 0.3 is 0 Å². The number of hydrogen-bond donors (Lipinski definition) is 1. The standard InChI is InChI=1S/C14H21NO/c1-10(2)11(3)9-15-14-7-5-13(6-8-14)12(4)16/h5-8,10-11,15H,9H2,1-4H3. The molecule has 0 aliphatic carbocycles. The lowest BCUT2D eigenvalue weighted by atomic mass is 9.98. The van der Waals surface area contributed by atoms with Gasteiger partial charge in [0.25, 0.3) is 0 Å². The average molecular weight is 219 g/mol. The third-order valence-corrected chi connectivity index (χ3v) is 3.06. The highest BCUT2D eigenvalue weighted by Crippen LogP contribution is 2.13. The molecule has 1 atom stereocenters. The Labute approximate surface area is 98.1 Å². The first-order valence-electron chi connectivity index (χ1n) is 5.85. The second-order valence-electron chi connectivity index (χ2n) is 4.74. The first kappa shape index (κ1) is 12.8. The van der Waals surface area contributed by atoms with E-state index in [2.05, 4.69) is 26.1 Å². The molecule has 0 aromatic heterocycles. The monoisotopic (exact) mass is 219 g/mol. The van der Waals surface area contributed by atoms with Crippen LogP contribution in [0.2, 0.25) is 0 Å².